The second kappa shape index (κ2) is 6.45. The van der Waals surface area contributed by atoms with E-state index in [0.717, 1.165) is 11.1 Å². The lowest BCUT2D eigenvalue weighted by Crippen LogP contribution is -2.02. The molecule has 0 amide bonds. The van der Waals surface area contributed by atoms with Crippen molar-refractivity contribution in [1.82, 2.24) is 0 Å². The van der Waals surface area contributed by atoms with Gasteiger partial charge in [-0.15, -0.1) is 0 Å². The molecule has 0 saturated carbocycles. The summed E-state index contributed by atoms with van der Waals surface area (Å²) in [5.74, 6) is 1.36. The second-order valence-electron chi connectivity index (χ2n) is 4.41. The molecule has 0 unspecified atom stereocenters. The van der Waals surface area contributed by atoms with E-state index in [9.17, 15) is 4.39 Å². The molecule has 0 aliphatic rings. The van der Waals surface area contributed by atoms with Gasteiger partial charge in [0.2, 0.25) is 0 Å². The number of hydrogen-bond donors (Lipinski definition) is 1. The highest BCUT2D eigenvalue weighted by Crippen LogP contribution is 2.39. The van der Waals surface area contributed by atoms with Crippen molar-refractivity contribution in [3.05, 3.63) is 41.7 Å². The molecular weight excluding hydrogens is 273 g/mol. The second-order valence-corrected chi connectivity index (χ2v) is 4.41. The van der Waals surface area contributed by atoms with Gasteiger partial charge in [0.15, 0.2) is 11.5 Å². The number of methoxy groups -OCH3 is 3. The summed E-state index contributed by atoms with van der Waals surface area (Å²) in [5, 5.41) is 0. The molecule has 0 aliphatic heterocycles. The van der Waals surface area contributed by atoms with E-state index in [-0.39, 0.29) is 12.4 Å². The molecule has 0 radical (unpaired) electrons. The minimum Gasteiger partial charge on any atom is -0.496 e. The molecule has 2 rings (SSSR count). The molecule has 0 atom stereocenters. The maximum atomic E-state index is 13.6. The van der Waals surface area contributed by atoms with E-state index in [2.05, 4.69) is 0 Å². The smallest absolute Gasteiger partial charge is 0.161 e. The summed E-state index contributed by atoms with van der Waals surface area (Å²) in [6, 6.07) is 7.92. The number of ether oxygens (including phenoxy) is 3. The van der Waals surface area contributed by atoms with E-state index in [1.165, 1.54) is 12.1 Å². The number of halogens is 1. The first-order chi connectivity index (χ1) is 10.1. The van der Waals surface area contributed by atoms with E-state index in [0.29, 0.717) is 22.8 Å². The molecule has 112 valence electrons. The Balaban J connectivity index is 2.70. The highest BCUT2D eigenvalue weighted by molar-refractivity contribution is 5.76. The zero-order chi connectivity index (χ0) is 15.4. The number of nitrogens with two attached hydrogens (primary N) is 1. The van der Waals surface area contributed by atoms with Crippen LogP contribution < -0.4 is 19.9 Å². The third-order valence-electron chi connectivity index (χ3n) is 3.28. The Kier molecular flexibility index (Phi) is 4.65. The monoisotopic (exact) mass is 291 g/mol. The Bertz CT molecular complexity index is 644. The molecule has 0 saturated heterocycles. The lowest BCUT2D eigenvalue weighted by molar-refractivity contribution is 0.354. The van der Waals surface area contributed by atoms with Gasteiger partial charge in [-0.3, -0.25) is 0 Å². The molecule has 0 spiro atoms. The van der Waals surface area contributed by atoms with Gasteiger partial charge in [-0.25, -0.2) is 4.39 Å². The van der Waals surface area contributed by atoms with Crippen LogP contribution in [0.2, 0.25) is 0 Å². The summed E-state index contributed by atoms with van der Waals surface area (Å²) in [7, 11) is 4.65. The van der Waals surface area contributed by atoms with Crippen LogP contribution in [0.5, 0.6) is 17.2 Å². The predicted octanol–water partition coefficient (Wildman–Crippen LogP) is 2.98. The summed E-state index contributed by atoms with van der Waals surface area (Å²) in [6.45, 7) is 0.287. The van der Waals surface area contributed by atoms with Crippen molar-refractivity contribution < 1.29 is 18.6 Å². The van der Waals surface area contributed by atoms with Crippen LogP contribution in [0.4, 0.5) is 4.39 Å². The predicted molar refractivity (Wildman–Crippen MR) is 79.4 cm³/mol. The van der Waals surface area contributed by atoms with Gasteiger partial charge in [0.25, 0.3) is 0 Å². The van der Waals surface area contributed by atoms with Gasteiger partial charge in [-0.1, -0.05) is 0 Å². The Hall–Kier alpha value is -2.27. The zero-order valence-electron chi connectivity index (χ0n) is 12.3. The van der Waals surface area contributed by atoms with Crippen molar-refractivity contribution in [1.29, 1.82) is 0 Å². The average Bonchev–Trinajstić information content (AvgIpc) is 2.53. The molecule has 0 aliphatic carbocycles. The van der Waals surface area contributed by atoms with E-state index in [1.54, 1.807) is 39.5 Å². The molecule has 0 aromatic heterocycles. The number of hydrogen-bond acceptors (Lipinski definition) is 4. The molecule has 0 heterocycles. The van der Waals surface area contributed by atoms with Gasteiger partial charge < -0.3 is 19.9 Å². The summed E-state index contributed by atoms with van der Waals surface area (Å²) < 4.78 is 29.5. The minimum atomic E-state index is -0.344. The summed E-state index contributed by atoms with van der Waals surface area (Å²) >= 11 is 0. The Morgan fingerprint density at radius 1 is 0.857 bits per heavy atom. The van der Waals surface area contributed by atoms with Crippen molar-refractivity contribution >= 4 is 0 Å². The van der Waals surface area contributed by atoms with Gasteiger partial charge in [0.1, 0.15) is 11.6 Å². The Morgan fingerprint density at radius 2 is 1.48 bits per heavy atom. The fourth-order valence-electron chi connectivity index (χ4n) is 2.23. The fourth-order valence-corrected chi connectivity index (χ4v) is 2.23. The summed E-state index contributed by atoms with van der Waals surface area (Å²) in [4.78, 5) is 0. The van der Waals surface area contributed by atoms with Crippen LogP contribution in [0.15, 0.2) is 30.3 Å². The summed E-state index contributed by atoms with van der Waals surface area (Å²) in [6.07, 6.45) is 0. The molecular formula is C16H18FNO3. The van der Waals surface area contributed by atoms with Gasteiger partial charge in [0, 0.05) is 12.1 Å². The normalized spacial score (nSPS) is 10.3. The van der Waals surface area contributed by atoms with E-state index < -0.39 is 0 Å². The molecule has 2 N–H and O–H groups in total. The van der Waals surface area contributed by atoms with Crippen molar-refractivity contribution in [3.8, 4) is 28.4 Å². The highest BCUT2D eigenvalue weighted by Gasteiger charge is 2.15. The molecule has 2 aromatic rings. The van der Waals surface area contributed by atoms with E-state index in [1.807, 2.05) is 0 Å². The van der Waals surface area contributed by atoms with Crippen LogP contribution >= 0.6 is 0 Å². The quantitative estimate of drug-likeness (QED) is 0.920. The first-order valence-corrected chi connectivity index (χ1v) is 6.43. The zero-order valence-corrected chi connectivity index (χ0v) is 12.3. The first kappa shape index (κ1) is 15.1. The van der Waals surface area contributed by atoms with Crippen LogP contribution in [-0.4, -0.2) is 21.3 Å². The topological polar surface area (TPSA) is 53.7 Å². The van der Waals surface area contributed by atoms with Crippen LogP contribution in [-0.2, 0) is 6.54 Å². The summed E-state index contributed by atoms with van der Waals surface area (Å²) in [5.41, 5.74) is 8.00. The molecule has 0 fully saturated rings. The van der Waals surface area contributed by atoms with Gasteiger partial charge in [-0.05, 0) is 41.5 Å². The van der Waals surface area contributed by atoms with Crippen LogP contribution in [0.25, 0.3) is 11.1 Å². The SMILES string of the molecule is COc1cc(CN)c(-c2cc(F)ccc2OC)cc1OC. The molecule has 0 bridgehead atoms. The largest absolute Gasteiger partial charge is 0.496 e. The average molecular weight is 291 g/mol. The van der Waals surface area contributed by atoms with Crippen molar-refractivity contribution in [2.75, 3.05) is 21.3 Å². The lowest BCUT2D eigenvalue weighted by atomic mass is 9.97. The van der Waals surface area contributed by atoms with E-state index in [4.69, 9.17) is 19.9 Å². The molecule has 21 heavy (non-hydrogen) atoms. The minimum absolute atomic E-state index is 0.287. The molecule has 4 nitrogen and oxygen atoms in total. The van der Waals surface area contributed by atoms with Crippen LogP contribution in [0, 0.1) is 5.82 Å². The molecule has 5 heteroatoms. The standard InChI is InChI=1S/C16H18FNO3/c1-19-14-5-4-11(17)7-13(14)12-8-16(21-3)15(20-2)6-10(12)9-18/h4-8H,9,18H2,1-3H3. The van der Waals surface area contributed by atoms with Crippen molar-refractivity contribution in [2.45, 2.75) is 6.54 Å². The third-order valence-corrected chi connectivity index (χ3v) is 3.28. The number of rotatable bonds is 5. The maximum absolute atomic E-state index is 13.6. The van der Waals surface area contributed by atoms with E-state index >= 15 is 0 Å². The van der Waals surface area contributed by atoms with Gasteiger partial charge in [-0.2, -0.15) is 0 Å². The van der Waals surface area contributed by atoms with Crippen molar-refractivity contribution in [2.24, 2.45) is 5.73 Å². The third kappa shape index (κ3) is 2.92. The Labute approximate surface area is 123 Å². The van der Waals surface area contributed by atoms with Crippen molar-refractivity contribution in [3.63, 3.8) is 0 Å². The molecule has 2 aromatic carbocycles. The maximum Gasteiger partial charge on any atom is 0.161 e. The van der Waals surface area contributed by atoms with Crippen LogP contribution in [0.3, 0.4) is 0 Å². The number of benzene rings is 2. The fraction of sp³-hybridized carbons (Fsp3) is 0.250. The van der Waals surface area contributed by atoms with Gasteiger partial charge in [0.05, 0.1) is 21.3 Å². The van der Waals surface area contributed by atoms with Crippen LogP contribution in [0.1, 0.15) is 5.56 Å². The lowest BCUT2D eigenvalue weighted by Gasteiger charge is -2.16. The Morgan fingerprint density at radius 3 is 2.05 bits per heavy atom. The van der Waals surface area contributed by atoms with Gasteiger partial charge >= 0.3 is 0 Å². The first-order valence-electron chi connectivity index (χ1n) is 6.43. The highest BCUT2D eigenvalue weighted by atomic mass is 19.1.